The molecule has 1 aromatic carbocycles. The molecular formula is C15H17N5O. The molecule has 1 heterocycles. The monoisotopic (exact) mass is 283 g/mol. The number of aromatic amines is 1. The molecule has 108 valence electrons. The number of nitriles is 1. The summed E-state index contributed by atoms with van der Waals surface area (Å²) in [6.45, 7) is 2.03. The highest BCUT2D eigenvalue weighted by Gasteiger charge is 2.16. The van der Waals surface area contributed by atoms with E-state index in [0.29, 0.717) is 17.8 Å². The van der Waals surface area contributed by atoms with Gasteiger partial charge in [-0.3, -0.25) is 9.89 Å². The number of aromatic nitrogens is 2. The maximum absolute atomic E-state index is 12.1. The first-order chi connectivity index (χ1) is 10.2. The number of carbonyl (C=O) groups is 1. The molecule has 6 nitrogen and oxygen atoms in total. The van der Waals surface area contributed by atoms with Gasteiger partial charge in [-0.1, -0.05) is 25.5 Å². The molecule has 0 bridgehead atoms. The largest absolute Gasteiger partial charge is 0.395 e. The van der Waals surface area contributed by atoms with Gasteiger partial charge in [-0.05, 0) is 24.1 Å². The fourth-order valence-electron chi connectivity index (χ4n) is 1.99. The van der Waals surface area contributed by atoms with Crippen molar-refractivity contribution in [2.24, 2.45) is 0 Å². The van der Waals surface area contributed by atoms with Crippen LogP contribution in [-0.4, -0.2) is 16.1 Å². The van der Waals surface area contributed by atoms with Crippen molar-refractivity contribution in [3.05, 3.63) is 41.2 Å². The third-order valence-electron chi connectivity index (χ3n) is 3.09. The smallest absolute Gasteiger partial charge is 0.278 e. The highest BCUT2D eigenvalue weighted by molar-refractivity contribution is 6.06. The maximum atomic E-state index is 12.1. The molecule has 0 radical (unpaired) electrons. The van der Waals surface area contributed by atoms with Crippen molar-refractivity contribution in [1.82, 2.24) is 10.2 Å². The summed E-state index contributed by atoms with van der Waals surface area (Å²) < 4.78 is 0. The predicted molar refractivity (Wildman–Crippen MR) is 80.7 cm³/mol. The second kappa shape index (κ2) is 6.57. The van der Waals surface area contributed by atoms with Crippen LogP contribution in [0, 0.1) is 11.3 Å². The number of nitrogens with one attached hydrogen (secondary N) is 2. The van der Waals surface area contributed by atoms with Gasteiger partial charge in [0.25, 0.3) is 5.91 Å². The molecule has 1 aromatic heterocycles. The van der Waals surface area contributed by atoms with Crippen molar-refractivity contribution in [2.45, 2.75) is 26.2 Å². The number of rotatable bonds is 5. The SMILES string of the molecule is CCCc1[nH]nc(C(=O)Nc2ccc(CC#N)cc2)c1N. The number of carbonyl (C=O) groups excluding carboxylic acids is 1. The first-order valence-corrected chi connectivity index (χ1v) is 6.75. The summed E-state index contributed by atoms with van der Waals surface area (Å²) in [5, 5.41) is 18.1. The first kappa shape index (κ1) is 14.6. The third-order valence-corrected chi connectivity index (χ3v) is 3.09. The van der Waals surface area contributed by atoms with Crippen LogP contribution in [0.1, 0.15) is 35.1 Å². The molecule has 0 saturated heterocycles. The normalized spacial score (nSPS) is 10.1. The molecule has 6 heteroatoms. The van der Waals surface area contributed by atoms with Crippen LogP contribution in [0.2, 0.25) is 0 Å². The number of hydrogen-bond acceptors (Lipinski definition) is 4. The molecule has 0 saturated carbocycles. The molecule has 21 heavy (non-hydrogen) atoms. The van der Waals surface area contributed by atoms with Gasteiger partial charge in [0, 0.05) is 5.69 Å². The zero-order valence-electron chi connectivity index (χ0n) is 11.8. The number of aryl methyl sites for hydroxylation is 1. The van der Waals surface area contributed by atoms with Gasteiger partial charge in [0.15, 0.2) is 5.69 Å². The molecular weight excluding hydrogens is 266 g/mol. The summed E-state index contributed by atoms with van der Waals surface area (Å²) >= 11 is 0. The minimum Gasteiger partial charge on any atom is -0.395 e. The van der Waals surface area contributed by atoms with Crippen molar-refractivity contribution in [3.63, 3.8) is 0 Å². The Morgan fingerprint density at radius 2 is 2.14 bits per heavy atom. The lowest BCUT2D eigenvalue weighted by Gasteiger charge is -2.04. The van der Waals surface area contributed by atoms with Gasteiger partial charge in [0.2, 0.25) is 0 Å². The zero-order chi connectivity index (χ0) is 15.2. The number of anilines is 2. The van der Waals surface area contributed by atoms with Gasteiger partial charge < -0.3 is 11.1 Å². The molecule has 0 spiro atoms. The Balaban J connectivity index is 2.09. The molecule has 0 atom stereocenters. The van der Waals surface area contributed by atoms with Crippen LogP contribution < -0.4 is 11.1 Å². The van der Waals surface area contributed by atoms with Crippen LogP contribution in [0.3, 0.4) is 0 Å². The summed E-state index contributed by atoms with van der Waals surface area (Å²) in [6.07, 6.45) is 2.03. The Labute approximate surface area is 123 Å². The van der Waals surface area contributed by atoms with E-state index in [-0.39, 0.29) is 11.6 Å². The van der Waals surface area contributed by atoms with Crippen molar-refractivity contribution in [3.8, 4) is 6.07 Å². The molecule has 2 aromatic rings. The van der Waals surface area contributed by atoms with Crippen LogP contribution in [0.25, 0.3) is 0 Å². The highest BCUT2D eigenvalue weighted by atomic mass is 16.2. The van der Waals surface area contributed by atoms with Gasteiger partial charge in [0.05, 0.1) is 23.9 Å². The first-order valence-electron chi connectivity index (χ1n) is 6.75. The van der Waals surface area contributed by atoms with Crippen molar-refractivity contribution in [2.75, 3.05) is 11.1 Å². The molecule has 4 N–H and O–H groups in total. The van der Waals surface area contributed by atoms with E-state index < -0.39 is 0 Å². The summed E-state index contributed by atoms with van der Waals surface area (Å²) in [5.74, 6) is -0.348. The van der Waals surface area contributed by atoms with E-state index in [1.165, 1.54) is 0 Å². The quantitative estimate of drug-likeness (QED) is 0.782. The molecule has 0 fully saturated rings. The number of nitrogens with two attached hydrogens (primary N) is 1. The lowest BCUT2D eigenvalue weighted by Crippen LogP contribution is -2.14. The summed E-state index contributed by atoms with van der Waals surface area (Å²) in [7, 11) is 0. The van der Waals surface area contributed by atoms with Gasteiger partial charge in [0.1, 0.15) is 0 Å². The van der Waals surface area contributed by atoms with E-state index in [1.807, 2.05) is 6.92 Å². The fourth-order valence-corrected chi connectivity index (χ4v) is 1.99. The number of benzene rings is 1. The molecule has 2 rings (SSSR count). The topological polar surface area (TPSA) is 108 Å². The van der Waals surface area contributed by atoms with Crippen molar-refractivity contribution in [1.29, 1.82) is 5.26 Å². The predicted octanol–water partition coefficient (Wildman–Crippen LogP) is 2.26. The Hall–Kier alpha value is -2.81. The standard InChI is InChI=1S/C15H17N5O/c1-2-3-12-13(17)14(20-19-12)15(21)18-11-6-4-10(5-7-11)8-9-16/h4-7H,2-3,8,17H2,1H3,(H,18,21)(H,19,20). The second-order valence-corrected chi connectivity index (χ2v) is 4.70. The van der Waals surface area contributed by atoms with E-state index in [9.17, 15) is 4.79 Å². The average Bonchev–Trinajstić information content (AvgIpc) is 2.83. The average molecular weight is 283 g/mol. The van der Waals surface area contributed by atoms with E-state index in [2.05, 4.69) is 21.6 Å². The van der Waals surface area contributed by atoms with Gasteiger partial charge in [-0.25, -0.2) is 0 Å². The molecule has 1 amide bonds. The summed E-state index contributed by atoms with van der Waals surface area (Å²) in [4.78, 5) is 12.1. The lowest BCUT2D eigenvalue weighted by atomic mass is 10.1. The van der Waals surface area contributed by atoms with Gasteiger partial charge in [-0.2, -0.15) is 10.4 Å². The lowest BCUT2D eigenvalue weighted by molar-refractivity contribution is 0.102. The van der Waals surface area contributed by atoms with E-state index in [1.54, 1.807) is 24.3 Å². The van der Waals surface area contributed by atoms with E-state index >= 15 is 0 Å². The van der Waals surface area contributed by atoms with E-state index in [0.717, 1.165) is 24.1 Å². The van der Waals surface area contributed by atoms with Crippen molar-refractivity contribution >= 4 is 17.3 Å². The minimum absolute atomic E-state index is 0.208. The zero-order valence-corrected chi connectivity index (χ0v) is 11.8. The Morgan fingerprint density at radius 1 is 1.43 bits per heavy atom. The molecule has 0 aliphatic heterocycles. The molecule has 0 aliphatic carbocycles. The summed E-state index contributed by atoms with van der Waals surface area (Å²) in [5.41, 5.74) is 8.85. The van der Waals surface area contributed by atoms with Gasteiger partial charge in [-0.15, -0.1) is 0 Å². The van der Waals surface area contributed by atoms with Crippen LogP contribution >= 0.6 is 0 Å². The van der Waals surface area contributed by atoms with Gasteiger partial charge >= 0.3 is 0 Å². The summed E-state index contributed by atoms with van der Waals surface area (Å²) in [6, 6.07) is 9.18. The van der Waals surface area contributed by atoms with E-state index in [4.69, 9.17) is 11.0 Å². The number of hydrogen-bond donors (Lipinski definition) is 3. The van der Waals surface area contributed by atoms with Crippen LogP contribution in [0.5, 0.6) is 0 Å². The Morgan fingerprint density at radius 3 is 2.76 bits per heavy atom. The Kier molecular flexibility index (Phi) is 4.57. The number of nitrogen functional groups attached to an aromatic ring is 1. The molecule has 0 aliphatic rings. The number of H-pyrrole nitrogens is 1. The van der Waals surface area contributed by atoms with Crippen LogP contribution in [-0.2, 0) is 12.8 Å². The second-order valence-electron chi connectivity index (χ2n) is 4.70. The highest BCUT2D eigenvalue weighted by Crippen LogP contribution is 2.18. The Bertz CT molecular complexity index is 666. The van der Waals surface area contributed by atoms with Crippen molar-refractivity contribution < 1.29 is 4.79 Å². The number of nitrogens with zero attached hydrogens (tertiary/aromatic N) is 2. The molecule has 0 unspecified atom stereocenters. The maximum Gasteiger partial charge on any atom is 0.278 e. The van der Waals surface area contributed by atoms with Crippen LogP contribution in [0.4, 0.5) is 11.4 Å². The fraction of sp³-hybridized carbons (Fsp3) is 0.267. The number of amides is 1. The minimum atomic E-state index is -0.348. The third kappa shape index (κ3) is 3.39. The van der Waals surface area contributed by atoms with Crippen LogP contribution in [0.15, 0.2) is 24.3 Å².